The standard InChI is InChI=1S/C28H29F4N5OS/c1-27(29)8-10-35(11-9-27)14-18-12-22(28(30,31)32)23-16-36(26(38)37(23)15-18)21-7-3-6-20(13-21)24(19-4-2-5-19)25-34-33-17-39-25/h3,6-7,12-13,15-17,19,24H,2,4-5,8-11,14H2,1H3/t24-/m1/s1. The number of fused-ring (bicyclic) bond motifs is 1. The van der Waals surface area contributed by atoms with Gasteiger partial charge in [0.05, 0.1) is 16.8 Å². The maximum absolute atomic E-state index is 14.2. The van der Waals surface area contributed by atoms with Crippen molar-refractivity contribution < 1.29 is 17.6 Å². The molecule has 6 rings (SSSR count). The Hall–Kier alpha value is -3.05. The molecule has 4 heterocycles. The molecule has 2 aliphatic rings. The van der Waals surface area contributed by atoms with Crippen LogP contribution in [0.4, 0.5) is 17.6 Å². The van der Waals surface area contributed by atoms with E-state index >= 15 is 0 Å². The molecule has 4 aromatic rings. The van der Waals surface area contributed by atoms with Gasteiger partial charge in [0.15, 0.2) is 0 Å². The number of halogens is 4. The Morgan fingerprint density at radius 3 is 2.56 bits per heavy atom. The van der Waals surface area contributed by atoms with Gasteiger partial charge in [0.1, 0.15) is 16.2 Å². The van der Waals surface area contributed by atoms with Crippen molar-refractivity contribution in [1.29, 1.82) is 0 Å². The first-order valence-electron chi connectivity index (χ1n) is 13.2. The summed E-state index contributed by atoms with van der Waals surface area (Å²) in [5.74, 6) is 0.453. The monoisotopic (exact) mass is 559 g/mol. The van der Waals surface area contributed by atoms with Crippen molar-refractivity contribution in [1.82, 2.24) is 24.1 Å². The van der Waals surface area contributed by atoms with Crippen LogP contribution in [0.15, 0.2) is 53.0 Å². The van der Waals surface area contributed by atoms with Crippen molar-refractivity contribution in [3.8, 4) is 5.69 Å². The molecule has 1 saturated carbocycles. The first kappa shape index (κ1) is 26.2. The van der Waals surface area contributed by atoms with Crippen LogP contribution in [-0.4, -0.2) is 42.8 Å². The molecule has 39 heavy (non-hydrogen) atoms. The lowest BCUT2D eigenvalue weighted by atomic mass is 9.73. The lowest BCUT2D eigenvalue weighted by Crippen LogP contribution is -2.39. The summed E-state index contributed by atoms with van der Waals surface area (Å²) >= 11 is 1.49. The molecule has 0 radical (unpaired) electrons. The number of rotatable bonds is 6. The van der Waals surface area contributed by atoms with Crippen LogP contribution in [0.25, 0.3) is 11.2 Å². The molecule has 206 valence electrons. The topological polar surface area (TPSA) is 55.4 Å². The third kappa shape index (κ3) is 5.14. The first-order chi connectivity index (χ1) is 18.6. The van der Waals surface area contributed by atoms with E-state index in [4.69, 9.17) is 0 Å². The van der Waals surface area contributed by atoms with E-state index in [-0.39, 0.29) is 18.0 Å². The molecule has 6 nitrogen and oxygen atoms in total. The SMILES string of the molecule is CC1(F)CCN(Cc2cc(C(F)(F)F)c3cn(-c4cccc([C@H](c5nncs5)C5CCC5)c4)c(=O)n3c2)CC1. The van der Waals surface area contributed by atoms with Gasteiger partial charge >= 0.3 is 11.9 Å². The average Bonchev–Trinajstić information content (AvgIpc) is 3.50. The quantitative estimate of drug-likeness (QED) is 0.264. The average molecular weight is 560 g/mol. The molecular formula is C28H29F4N5OS. The third-order valence-corrected chi connectivity index (χ3v) is 8.98. The normalized spacial score (nSPS) is 19.3. The van der Waals surface area contributed by atoms with Crippen molar-refractivity contribution in [3.63, 3.8) is 0 Å². The number of benzene rings is 1. The van der Waals surface area contributed by atoms with Gasteiger partial charge < -0.3 is 0 Å². The number of likely N-dealkylation sites (tertiary alicyclic amines) is 1. The number of imidazole rings is 1. The summed E-state index contributed by atoms with van der Waals surface area (Å²) in [6.45, 7) is 2.67. The number of alkyl halides is 4. The Kier molecular flexibility index (Phi) is 6.61. The van der Waals surface area contributed by atoms with Crippen LogP contribution in [0.2, 0.25) is 0 Å². The number of hydrogen-bond acceptors (Lipinski definition) is 5. The highest BCUT2D eigenvalue weighted by molar-refractivity contribution is 7.09. The van der Waals surface area contributed by atoms with Crippen molar-refractivity contribution in [3.05, 3.63) is 80.4 Å². The molecule has 3 aromatic heterocycles. The maximum Gasteiger partial charge on any atom is 0.418 e. The summed E-state index contributed by atoms with van der Waals surface area (Å²) in [7, 11) is 0. The van der Waals surface area contributed by atoms with Crippen LogP contribution in [-0.2, 0) is 12.7 Å². The second kappa shape index (κ2) is 9.85. The third-order valence-electron chi connectivity index (χ3n) is 8.21. The van der Waals surface area contributed by atoms with Gasteiger partial charge in [-0.15, -0.1) is 21.5 Å². The molecular weight excluding hydrogens is 530 g/mol. The van der Waals surface area contributed by atoms with E-state index in [1.165, 1.54) is 28.3 Å². The summed E-state index contributed by atoms with van der Waals surface area (Å²) in [4.78, 5) is 15.5. The minimum Gasteiger partial charge on any atom is -0.299 e. The largest absolute Gasteiger partial charge is 0.418 e. The van der Waals surface area contributed by atoms with Crippen LogP contribution in [0.5, 0.6) is 0 Å². The van der Waals surface area contributed by atoms with E-state index in [0.717, 1.165) is 40.3 Å². The zero-order valence-electron chi connectivity index (χ0n) is 21.5. The Morgan fingerprint density at radius 1 is 1.15 bits per heavy atom. The maximum atomic E-state index is 14.2. The minimum absolute atomic E-state index is 0.0343. The van der Waals surface area contributed by atoms with Crippen LogP contribution in [0.1, 0.15) is 66.6 Å². The van der Waals surface area contributed by atoms with E-state index in [1.807, 2.05) is 23.1 Å². The number of pyridine rings is 1. The number of nitrogens with zero attached hydrogens (tertiary/aromatic N) is 5. The summed E-state index contributed by atoms with van der Waals surface area (Å²) in [5.41, 5.74) is 0.658. The van der Waals surface area contributed by atoms with Crippen molar-refractivity contribution in [2.75, 3.05) is 13.1 Å². The van der Waals surface area contributed by atoms with Gasteiger partial charge in [-0.05, 0) is 67.9 Å². The molecule has 0 N–H and O–H groups in total. The highest BCUT2D eigenvalue weighted by Gasteiger charge is 2.36. The Balaban J connectivity index is 1.39. The van der Waals surface area contributed by atoms with Crippen molar-refractivity contribution in [2.24, 2.45) is 5.92 Å². The highest BCUT2D eigenvalue weighted by Crippen LogP contribution is 2.44. The smallest absolute Gasteiger partial charge is 0.299 e. The van der Waals surface area contributed by atoms with E-state index in [9.17, 15) is 22.4 Å². The lowest BCUT2D eigenvalue weighted by molar-refractivity contribution is -0.136. The second-order valence-electron chi connectivity index (χ2n) is 11.0. The predicted octanol–water partition coefficient (Wildman–Crippen LogP) is 6.22. The summed E-state index contributed by atoms with van der Waals surface area (Å²) in [6.07, 6.45) is 2.06. The van der Waals surface area contributed by atoms with Crippen LogP contribution < -0.4 is 5.69 Å². The van der Waals surface area contributed by atoms with E-state index in [2.05, 4.69) is 10.2 Å². The van der Waals surface area contributed by atoms with Gasteiger partial charge in [-0.3, -0.25) is 13.9 Å². The fraction of sp³-hybridized carbons (Fsp3) is 0.464. The Morgan fingerprint density at radius 2 is 1.92 bits per heavy atom. The van der Waals surface area contributed by atoms with E-state index in [1.54, 1.807) is 18.5 Å². The number of aromatic nitrogens is 4. The predicted molar refractivity (Wildman–Crippen MR) is 141 cm³/mol. The van der Waals surface area contributed by atoms with Gasteiger partial charge in [-0.1, -0.05) is 18.6 Å². The highest BCUT2D eigenvalue weighted by atomic mass is 32.1. The number of piperidine rings is 1. The fourth-order valence-corrected chi connectivity index (χ4v) is 6.53. The summed E-state index contributed by atoms with van der Waals surface area (Å²) in [6, 6.07) is 8.53. The zero-order valence-corrected chi connectivity index (χ0v) is 22.3. The molecule has 0 bridgehead atoms. The molecule has 0 unspecified atom stereocenters. The molecule has 1 aliphatic carbocycles. The molecule has 2 fully saturated rings. The van der Waals surface area contributed by atoms with Crippen LogP contribution in [0.3, 0.4) is 0 Å². The van der Waals surface area contributed by atoms with Crippen molar-refractivity contribution >= 4 is 16.9 Å². The molecule has 1 saturated heterocycles. The molecule has 11 heteroatoms. The van der Waals surface area contributed by atoms with Gasteiger partial charge in [0.25, 0.3) is 0 Å². The van der Waals surface area contributed by atoms with Crippen LogP contribution >= 0.6 is 11.3 Å². The Bertz CT molecular complexity index is 1530. The van der Waals surface area contributed by atoms with Gasteiger partial charge in [0, 0.05) is 37.9 Å². The van der Waals surface area contributed by atoms with Gasteiger partial charge in [-0.2, -0.15) is 13.2 Å². The second-order valence-corrected chi connectivity index (χ2v) is 11.9. The lowest BCUT2D eigenvalue weighted by Gasteiger charge is -2.34. The van der Waals surface area contributed by atoms with Crippen LogP contribution in [0, 0.1) is 5.92 Å². The van der Waals surface area contributed by atoms with Crippen molar-refractivity contribution in [2.45, 2.75) is 63.3 Å². The molecule has 1 aromatic carbocycles. The Labute approximate surface area is 226 Å². The fourth-order valence-electron chi connectivity index (χ4n) is 5.75. The minimum atomic E-state index is -4.64. The number of hydrogen-bond donors (Lipinski definition) is 0. The summed E-state index contributed by atoms with van der Waals surface area (Å²) < 4.78 is 59.1. The van der Waals surface area contributed by atoms with Gasteiger partial charge in [0.2, 0.25) is 0 Å². The van der Waals surface area contributed by atoms with E-state index < -0.39 is 23.1 Å². The molecule has 0 amide bonds. The van der Waals surface area contributed by atoms with Gasteiger partial charge in [-0.25, -0.2) is 9.18 Å². The molecule has 1 aliphatic heterocycles. The summed E-state index contributed by atoms with van der Waals surface area (Å²) in [5, 5.41) is 9.21. The molecule has 0 spiro atoms. The molecule has 1 atom stereocenters. The first-order valence-corrected chi connectivity index (χ1v) is 14.1. The van der Waals surface area contributed by atoms with E-state index in [0.29, 0.717) is 43.1 Å². The zero-order chi connectivity index (χ0) is 27.4.